The number of quaternary nitrogens is 1. The minimum absolute atomic E-state index is 0.163. The Morgan fingerprint density at radius 1 is 0.750 bits per heavy atom. The summed E-state index contributed by atoms with van der Waals surface area (Å²) in [6.07, 6.45) is 11.1. The van der Waals surface area contributed by atoms with Crippen LogP contribution in [0.3, 0.4) is 0 Å². The fraction of sp³-hybridized carbons (Fsp3) is 0.750. The van der Waals surface area contributed by atoms with Gasteiger partial charge >= 0.3 is 0 Å². The molecular formula is C24H43N3O5. The molecule has 0 saturated carbocycles. The number of benzene rings is 1. The molecule has 0 bridgehead atoms. The fourth-order valence-electron chi connectivity index (χ4n) is 3.86. The minimum Gasteiger partial charge on any atom is -0.863 e. The van der Waals surface area contributed by atoms with Crippen LogP contribution in [0.25, 0.3) is 0 Å². The van der Waals surface area contributed by atoms with Crippen molar-refractivity contribution in [3.63, 3.8) is 0 Å². The van der Waals surface area contributed by atoms with E-state index in [0.29, 0.717) is 5.56 Å². The Bertz CT molecular complexity index is 685. The molecule has 184 valence electrons. The van der Waals surface area contributed by atoms with E-state index in [0.717, 1.165) is 6.07 Å². The topological polar surface area (TPSA) is 109 Å². The van der Waals surface area contributed by atoms with Crippen LogP contribution in [0.4, 0.5) is 11.4 Å². The van der Waals surface area contributed by atoms with Crippen molar-refractivity contribution in [1.82, 2.24) is 0 Å². The van der Waals surface area contributed by atoms with Crippen molar-refractivity contribution < 1.29 is 19.4 Å². The van der Waals surface area contributed by atoms with Gasteiger partial charge in [0.25, 0.3) is 11.4 Å². The average Bonchev–Trinajstić information content (AvgIpc) is 2.75. The van der Waals surface area contributed by atoms with Crippen LogP contribution >= 0.6 is 0 Å². The van der Waals surface area contributed by atoms with E-state index < -0.39 is 27.0 Å². The lowest BCUT2D eigenvalue weighted by Crippen LogP contribution is -2.50. The lowest BCUT2D eigenvalue weighted by Gasteiger charge is -2.39. The lowest BCUT2D eigenvalue weighted by atomic mass is 10.1. The van der Waals surface area contributed by atoms with Crippen LogP contribution in [-0.4, -0.2) is 40.5 Å². The molecular weight excluding hydrogens is 410 g/mol. The molecule has 0 amide bonds. The molecule has 8 heteroatoms. The Morgan fingerprint density at radius 2 is 1.12 bits per heavy atom. The van der Waals surface area contributed by atoms with Crippen molar-refractivity contribution in [2.45, 2.75) is 92.9 Å². The predicted octanol–water partition coefficient (Wildman–Crippen LogP) is 6.20. The first-order valence-electron chi connectivity index (χ1n) is 12.1. The van der Waals surface area contributed by atoms with E-state index in [1.807, 2.05) is 0 Å². The van der Waals surface area contributed by atoms with Gasteiger partial charge in [-0.3, -0.25) is 20.2 Å². The van der Waals surface area contributed by atoms with Crippen LogP contribution in [0.15, 0.2) is 6.07 Å². The molecule has 0 N–H and O–H groups in total. The summed E-state index contributed by atoms with van der Waals surface area (Å²) in [7, 11) is 0. The number of aryl methyl sites for hydroxylation is 1. The smallest absolute Gasteiger partial charge is 0.271 e. The molecule has 0 saturated heterocycles. The summed E-state index contributed by atoms with van der Waals surface area (Å²) in [4.78, 5) is 19.2. The highest BCUT2D eigenvalue weighted by molar-refractivity contribution is 5.64. The standard InChI is InChI=1S/C16H36N.C8H8N2O5/c1-5-9-13-17(14-10-6-2,15-11-7-3)16-12-8-4;1-4-3-6(9(12)13)8(11)7(5(4)2)10(14)15/h5-16H2,1-4H3;3,11H,1-2H3/q+1;/p-1. The number of rotatable bonds is 14. The third-order valence-corrected chi connectivity index (χ3v) is 6.07. The second kappa shape index (κ2) is 15.6. The molecule has 32 heavy (non-hydrogen) atoms. The molecule has 0 atom stereocenters. The summed E-state index contributed by atoms with van der Waals surface area (Å²) in [5, 5.41) is 32.3. The normalized spacial score (nSPS) is 11.1. The van der Waals surface area contributed by atoms with Crippen molar-refractivity contribution >= 4 is 11.4 Å². The van der Waals surface area contributed by atoms with Crippen LogP contribution in [0, 0.1) is 34.1 Å². The molecule has 0 heterocycles. The Morgan fingerprint density at radius 3 is 1.41 bits per heavy atom. The lowest BCUT2D eigenvalue weighted by molar-refractivity contribution is -0.929. The molecule has 0 aliphatic heterocycles. The largest absolute Gasteiger partial charge is 0.863 e. The van der Waals surface area contributed by atoms with Gasteiger partial charge in [0.05, 0.1) is 41.8 Å². The van der Waals surface area contributed by atoms with Crippen molar-refractivity contribution in [2.24, 2.45) is 0 Å². The molecule has 1 rings (SSSR count). The van der Waals surface area contributed by atoms with E-state index in [9.17, 15) is 25.3 Å². The molecule has 8 nitrogen and oxygen atoms in total. The fourth-order valence-corrected chi connectivity index (χ4v) is 3.86. The molecule has 0 radical (unpaired) electrons. The number of nitrogens with zero attached hydrogens (tertiary/aromatic N) is 3. The van der Waals surface area contributed by atoms with Gasteiger partial charge in [0.1, 0.15) is 0 Å². The van der Waals surface area contributed by atoms with E-state index >= 15 is 0 Å². The van der Waals surface area contributed by atoms with E-state index in [1.54, 1.807) is 0 Å². The zero-order valence-electron chi connectivity index (χ0n) is 20.9. The average molecular weight is 454 g/mol. The summed E-state index contributed by atoms with van der Waals surface area (Å²) in [6, 6.07) is 1.05. The maximum Gasteiger partial charge on any atom is 0.271 e. The summed E-state index contributed by atoms with van der Waals surface area (Å²) in [6.45, 7) is 17.9. The Balaban J connectivity index is 0.000000604. The van der Waals surface area contributed by atoms with Gasteiger partial charge in [-0.2, -0.15) is 0 Å². The second-order valence-corrected chi connectivity index (χ2v) is 8.68. The molecule has 0 fully saturated rings. The highest BCUT2D eigenvalue weighted by atomic mass is 16.6. The van der Waals surface area contributed by atoms with Crippen LogP contribution in [0.5, 0.6) is 5.75 Å². The van der Waals surface area contributed by atoms with Gasteiger partial charge in [-0.25, -0.2) is 0 Å². The molecule has 1 aromatic rings. The summed E-state index contributed by atoms with van der Waals surface area (Å²) in [5.41, 5.74) is -0.963. The van der Waals surface area contributed by atoms with Crippen molar-refractivity contribution in [3.05, 3.63) is 37.4 Å². The maximum atomic E-state index is 11.3. The first-order chi connectivity index (χ1) is 15.1. The third kappa shape index (κ3) is 9.51. The highest BCUT2D eigenvalue weighted by Crippen LogP contribution is 2.37. The SMILES string of the molecule is CCCC[N+](CCCC)(CCCC)CCCC.Cc1cc([N+](=O)[O-])c([O-])c([N+](=O)[O-])c1C. The Labute approximate surface area is 193 Å². The van der Waals surface area contributed by atoms with Gasteiger partial charge < -0.3 is 9.59 Å². The first-order valence-corrected chi connectivity index (χ1v) is 12.1. The highest BCUT2D eigenvalue weighted by Gasteiger charge is 2.25. The summed E-state index contributed by atoms with van der Waals surface area (Å²) in [5.74, 6) is -1.15. The minimum atomic E-state index is -1.15. The quantitative estimate of drug-likeness (QED) is 0.189. The van der Waals surface area contributed by atoms with Gasteiger partial charge in [-0.05, 0) is 45.1 Å². The monoisotopic (exact) mass is 453 g/mol. The first kappa shape index (κ1) is 29.8. The summed E-state index contributed by atoms with van der Waals surface area (Å²) >= 11 is 0. The van der Waals surface area contributed by atoms with Gasteiger partial charge in [-0.15, -0.1) is 0 Å². The molecule has 0 aliphatic rings. The third-order valence-electron chi connectivity index (χ3n) is 6.07. The van der Waals surface area contributed by atoms with Crippen LogP contribution in [0.1, 0.15) is 90.2 Å². The Kier molecular flexibility index (Phi) is 14.5. The second-order valence-electron chi connectivity index (χ2n) is 8.68. The van der Waals surface area contributed by atoms with Crippen LogP contribution in [0.2, 0.25) is 0 Å². The number of hydrogen-bond donors (Lipinski definition) is 0. The van der Waals surface area contributed by atoms with E-state index in [4.69, 9.17) is 0 Å². The van der Waals surface area contributed by atoms with Gasteiger partial charge in [0.15, 0.2) is 0 Å². The molecule has 0 unspecified atom stereocenters. The number of hydrogen-bond acceptors (Lipinski definition) is 5. The van der Waals surface area contributed by atoms with Crippen molar-refractivity contribution in [3.8, 4) is 5.75 Å². The number of unbranched alkanes of at least 4 members (excludes halogenated alkanes) is 4. The van der Waals surface area contributed by atoms with Crippen molar-refractivity contribution in [1.29, 1.82) is 0 Å². The van der Waals surface area contributed by atoms with E-state index in [2.05, 4.69) is 27.7 Å². The van der Waals surface area contributed by atoms with E-state index in [-0.39, 0.29) is 5.56 Å². The molecule has 0 spiro atoms. The number of nitro benzene ring substituents is 2. The van der Waals surface area contributed by atoms with Crippen LogP contribution in [-0.2, 0) is 0 Å². The van der Waals surface area contributed by atoms with E-state index in [1.165, 1.54) is 95.9 Å². The van der Waals surface area contributed by atoms with Crippen LogP contribution < -0.4 is 5.11 Å². The Hall–Kier alpha value is -2.22. The molecule has 1 aromatic carbocycles. The summed E-state index contributed by atoms with van der Waals surface area (Å²) < 4.78 is 1.42. The zero-order valence-corrected chi connectivity index (χ0v) is 20.9. The predicted molar refractivity (Wildman–Crippen MR) is 128 cm³/mol. The van der Waals surface area contributed by atoms with Gasteiger partial charge in [0, 0.05) is 11.6 Å². The maximum absolute atomic E-state index is 11.3. The van der Waals surface area contributed by atoms with Crippen molar-refractivity contribution in [2.75, 3.05) is 26.2 Å². The zero-order chi connectivity index (χ0) is 24.7. The van der Waals surface area contributed by atoms with Gasteiger partial charge in [-0.1, -0.05) is 53.4 Å². The number of nitro groups is 2. The van der Waals surface area contributed by atoms with Gasteiger partial charge in [0.2, 0.25) is 0 Å². The molecule has 0 aliphatic carbocycles. The molecule has 0 aromatic heterocycles.